The van der Waals surface area contributed by atoms with Gasteiger partial charge in [-0.3, -0.25) is 9.59 Å². The average molecular weight is 364 g/mol. The zero-order chi connectivity index (χ0) is 18.0. The molecule has 0 spiro atoms. The summed E-state index contributed by atoms with van der Waals surface area (Å²) in [6.07, 6.45) is 2.48. The van der Waals surface area contributed by atoms with E-state index in [0.717, 1.165) is 10.9 Å². The zero-order valence-corrected chi connectivity index (χ0v) is 14.7. The van der Waals surface area contributed by atoms with Gasteiger partial charge in [0, 0.05) is 35.8 Å². The predicted octanol–water partition coefficient (Wildman–Crippen LogP) is 1.36. The van der Waals surface area contributed by atoms with Gasteiger partial charge in [-0.2, -0.15) is 0 Å². The SMILES string of the molecule is COC(=O)CS(=O)(=O)C1CCN(C(=O)c2ccc3[nH]ccc3c2)CC1. The Labute approximate surface area is 145 Å². The number of piperidine rings is 1. The molecule has 0 saturated carbocycles. The molecule has 1 fully saturated rings. The van der Waals surface area contributed by atoms with Crippen molar-refractivity contribution in [3.8, 4) is 0 Å². The van der Waals surface area contributed by atoms with Crippen molar-refractivity contribution in [2.45, 2.75) is 18.1 Å². The van der Waals surface area contributed by atoms with Crippen LogP contribution in [0.2, 0.25) is 0 Å². The van der Waals surface area contributed by atoms with E-state index in [9.17, 15) is 18.0 Å². The number of aromatic nitrogens is 1. The third kappa shape index (κ3) is 3.68. The molecule has 0 atom stereocenters. The smallest absolute Gasteiger partial charge is 0.320 e. The van der Waals surface area contributed by atoms with Gasteiger partial charge < -0.3 is 14.6 Å². The summed E-state index contributed by atoms with van der Waals surface area (Å²) in [5, 5.41) is 0.351. The molecule has 1 aromatic heterocycles. The monoisotopic (exact) mass is 364 g/mol. The Balaban J connectivity index is 1.65. The molecule has 1 amide bonds. The molecule has 0 bridgehead atoms. The van der Waals surface area contributed by atoms with Crippen LogP contribution in [0.4, 0.5) is 0 Å². The standard InChI is InChI=1S/C17H20N2O5S/c1-24-16(20)11-25(22,23)14-5-8-19(9-6-14)17(21)13-2-3-15-12(10-13)4-7-18-15/h2-4,7,10,14,18H,5-6,8-9,11H2,1H3. The lowest BCUT2D eigenvalue weighted by Gasteiger charge is -2.31. The number of hydrogen-bond donors (Lipinski definition) is 1. The molecule has 1 aliphatic rings. The van der Waals surface area contributed by atoms with E-state index < -0.39 is 26.8 Å². The van der Waals surface area contributed by atoms with Gasteiger partial charge in [-0.05, 0) is 37.1 Å². The van der Waals surface area contributed by atoms with E-state index in [1.165, 1.54) is 7.11 Å². The number of nitrogens with one attached hydrogen (secondary N) is 1. The first-order valence-electron chi connectivity index (χ1n) is 8.05. The van der Waals surface area contributed by atoms with Crippen molar-refractivity contribution in [2.75, 3.05) is 26.0 Å². The van der Waals surface area contributed by atoms with Gasteiger partial charge in [-0.1, -0.05) is 0 Å². The molecule has 1 aromatic carbocycles. The minimum Gasteiger partial charge on any atom is -0.468 e. The fourth-order valence-electron chi connectivity index (χ4n) is 3.13. The van der Waals surface area contributed by atoms with E-state index in [1.807, 2.05) is 24.4 Å². The van der Waals surface area contributed by atoms with Crippen LogP contribution in [0.1, 0.15) is 23.2 Å². The maximum atomic E-state index is 12.6. The van der Waals surface area contributed by atoms with Crippen molar-refractivity contribution >= 4 is 32.6 Å². The first-order chi connectivity index (χ1) is 11.9. The van der Waals surface area contributed by atoms with Crippen molar-refractivity contribution in [3.63, 3.8) is 0 Å². The highest BCUT2D eigenvalue weighted by Crippen LogP contribution is 2.22. The second-order valence-electron chi connectivity index (χ2n) is 6.15. The first-order valence-corrected chi connectivity index (χ1v) is 9.77. The summed E-state index contributed by atoms with van der Waals surface area (Å²) in [6.45, 7) is 0.712. The quantitative estimate of drug-likeness (QED) is 0.827. The number of likely N-dealkylation sites (tertiary alicyclic amines) is 1. The maximum Gasteiger partial charge on any atom is 0.320 e. The van der Waals surface area contributed by atoms with Crippen LogP contribution in [0.25, 0.3) is 10.9 Å². The molecule has 7 nitrogen and oxygen atoms in total. The van der Waals surface area contributed by atoms with E-state index in [4.69, 9.17) is 0 Å². The molecule has 1 saturated heterocycles. The van der Waals surface area contributed by atoms with Crippen LogP contribution in [-0.4, -0.2) is 61.4 Å². The molecule has 2 aromatic rings. The van der Waals surface area contributed by atoms with Gasteiger partial charge in [0.05, 0.1) is 12.4 Å². The second-order valence-corrected chi connectivity index (χ2v) is 8.44. The van der Waals surface area contributed by atoms with Gasteiger partial charge in [-0.15, -0.1) is 0 Å². The number of sulfone groups is 1. The Morgan fingerprint density at radius 3 is 2.64 bits per heavy atom. The van der Waals surface area contributed by atoms with Crippen molar-refractivity contribution in [1.82, 2.24) is 9.88 Å². The molecule has 2 heterocycles. The van der Waals surface area contributed by atoms with E-state index in [-0.39, 0.29) is 5.91 Å². The first kappa shape index (κ1) is 17.5. The van der Waals surface area contributed by atoms with Gasteiger partial charge in [0.25, 0.3) is 5.91 Å². The third-order valence-electron chi connectivity index (χ3n) is 4.58. The second kappa shape index (κ2) is 6.87. The van der Waals surface area contributed by atoms with Crippen molar-refractivity contribution < 1.29 is 22.7 Å². The zero-order valence-electron chi connectivity index (χ0n) is 13.9. The lowest BCUT2D eigenvalue weighted by atomic mass is 10.1. The number of nitrogens with zero attached hydrogens (tertiary/aromatic N) is 1. The fraction of sp³-hybridized carbons (Fsp3) is 0.412. The molecule has 3 rings (SSSR count). The molecule has 0 aliphatic carbocycles. The number of amides is 1. The minimum atomic E-state index is -3.55. The van der Waals surface area contributed by atoms with Crippen LogP contribution >= 0.6 is 0 Å². The molecule has 0 radical (unpaired) electrons. The summed E-state index contributed by atoms with van der Waals surface area (Å²) in [5.41, 5.74) is 1.55. The molecular formula is C17H20N2O5S. The fourth-order valence-corrected chi connectivity index (χ4v) is 4.74. The van der Waals surface area contributed by atoms with Crippen molar-refractivity contribution in [1.29, 1.82) is 0 Å². The Morgan fingerprint density at radius 2 is 1.96 bits per heavy atom. The Kier molecular flexibility index (Phi) is 4.80. The van der Waals surface area contributed by atoms with Gasteiger partial charge in [0.15, 0.2) is 9.84 Å². The van der Waals surface area contributed by atoms with E-state index in [0.29, 0.717) is 31.5 Å². The summed E-state index contributed by atoms with van der Waals surface area (Å²) in [4.78, 5) is 28.6. The number of H-pyrrole nitrogens is 1. The normalized spacial score (nSPS) is 16.1. The van der Waals surface area contributed by atoms with Gasteiger partial charge in [0.2, 0.25) is 0 Å². The average Bonchev–Trinajstić information content (AvgIpc) is 3.08. The van der Waals surface area contributed by atoms with Gasteiger partial charge in [0.1, 0.15) is 5.75 Å². The number of esters is 1. The van der Waals surface area contributed by atoms with Crippen molar-refractivity contribution in [2.24, 2.45) is 0 Å². The topological polar surface area (TPSA) is 96.5 Å². The third-order valence-corrected chi connectivity index (χ3v) is 6.71. The predicted molar refractivity (Wildman–Crippen MR) is 93.0 cm³/mol. The highest BCUT2D eigenvalue weighted by atomic mass is 32.2. The minimum absolute atomic E-state index is 0.105. The number of aromatic amines is 1. The van der Waals surface area contributed by atoms with Crippen LogP contribution in [0.15, 0.2) is 30.5 Å². The van der Waals surface area contributed by atoms with Crippen LogP contribution in [-0.2, 0) is 19.4 Å². The number of carbonyl (C=O) groups excluding carboxylic acids is 2. The Hall–Kier alpha value is -2.35. The van der Waals surface area contributed by atoms with E-state index >= 15 is 0 Å². The number of hydrogen-bond acceptors (Lipinski definition) is 5. The summed E-state index contributed by atoms with van der Waals surface area (Å²) >= 11 is 0. The number of carbonyl (C=O) groups is 2. The van der Waals surface area contributed by atoms with E-state index in [1.54, 1.807) is 11.0 Å². The van der Waals surface area contributed by atoms with E-state index in [2.05, 4.69) is 9.72 Å². The largest absolute Gasteiger partial charge is 0.468 e. The molecule has 1 N–H and O–H groups in total. The van der Waals surface area contributed by atoms with Crippen LogP contribution in [0.3, 0.4) is 0 Å². The number of benzene rings is 1. The molecule has 0 unspecified atom stereocenters. The lowest BCUT2D eigenvalue weighted by molar-refractivity contribution is -0.137. The summed E-state index contributed by atoms with van der Waals surface area (Å²) in [7, 11) is -2.38. The Morgan fingerprint density at radius 1 is 1.24 bits per heavy atom. The van der Waals surface area contributed by atoms with Crippen LogP contribution in [0, 0.1) is 0 Å². The molecule has 134 valence electrons. The van der Waals surface area contributed by atoms with Crippen molar-refractivity contribution in [3.05, 3.63) is 36.0 Å². The highest BCUT2D eigenvalue weighted by molar-refractivity contribution is 7.92. The molecule has 1 aliphatic heterocycles. The Bertz CT molecular complexity index is 895. The molecule has 8 heteroatoms. The number of ether oxygens (including phenoxy) is 1. The maximum absolute atomic E-state index is 12.6. The van der Waals surface area contributed by atoms with Gasteiger partial charge in [-0.25, -0.2) is 8.42 Å². The number of rotatable bonds is 4. The summed E-state index contributed by atoms with van der Waals surface area (Å²) < 4.78 is 28.9. The van der Waals surface area contributed by atoms with Crippen LogP contribution < -0.4 is 0 Å². The van der Waals surface area contributed by atoms with Crippen LogP contribution in [0.5, 0.6) is 0 Å². The number of methoxy groups -OCH3 is 1. The van der Waals surface area contributed by atoms with Gasteiger partial charge >= 0.3 is 5.97 Å². The lowest BCUT2D eigenvalue weighted by Crippen LogP contribution is -2.43. The number of fused-ring (bicyclic) bond motifs is 1. The molecule has 25 heavy (non-hydrogen) atoms. The molecular weight excluding hydrogens is 344 g/mol. The highest BCUT2D eigenvalue weighted by Gasteiger charge is 2.33. The summed E-state index contributed by atoms with van der Waals surface area (Å²) in [5.74, 6) is -1.46. The summed E-state index contributed by atoms with van der Waals surface area (Å²) in [6, 6.07) is 7.35.